The summed E-state index contributed by atoms with van der Waals surface area (Å²) in [6.07, 6.45) is 3.18. The molecule has 0 spiro atoms. The first-order chi connectivity index (χ1) is 8.66. The Hall–Kier alpha value is -1.61. The molecule has 0 aliphatic heterocycles. The first kappa shape index (κ1) is 11.5. The van der Waals surface area contributed by atoms with Crippen molar-refractivity contribution in [2.24, 2.45) is 7.05 Å². The van der Waals surface area contributed by atoms with Crippen molar-refractivity contribution < 1.29 is 5.11 Å². The number of benzene rings is 1. The molecule has 1 aliphatic rings. The minimum atomic E-state index is -0.382. The summed E-state index contributed by atoms with van der Waals surface area (Å²) in [5.41, 5.74) is 4.83. The third-order valence-corrected chi connectivity index (χ3v) is 4.03. The molecule has 3 nitrogen and oxygen atoms in total. The maximum atomic E-state index is 10.2. The number of aryl methyl sites for hydroxylation is 2. The summed E-state index contributed by atoms with van der Waals surface area (Å²) in [4.78, 5) is 0. The van der Waals surface area contributed by atoms with Gasteiger partial charge in [-0.1, -0.05) is 24.3 Å². The zero-order valence-corrected chi connectivity index (χ0v) is 10.8. The lowest BCUT2D eigenvalue weighted by Gasteiger charge is -2.28. The fourth-order valence-corrected chi connectivity index (χ4v) is 3.00. The molecule has 1 aromatic heterocycles. The van der Waals surface area contributed by atoms with E-state index in [4.69, 9.17) is 0 Å². The van der Waals surface area contributed by atoms with E-state index in [1.54, 1.807) is 6.20 Å². The average molecular weight is 242 g/mol. The molecule has 0 saturated heterocycles. The molecule has 0 saturated carbocycles. The lowest BCUT2D eigenvalue weighted by molar-refractivity contribution is 0.146. The SMILES string of the molecule is Cc1ccccc1C1Cc2c(cnn2C)C(O)C1. The Morgan fingerprint density at radius 3 is 2.83 bits per heavy atom. The second kappa shape index (κ2) is 4.25. The van der Waals surface area contributed by atoms with Crippen LogP contribution in [0.5, 0.6) is 0 Å². The zero-order valence-electron chi connectivity index (χ0n) is 10.8. The first-order valence-corrected chi connectivity index (χ1v) is 6.41. The third kappa shape index (κ3) is 1.75. The summed E-state index contributed by atoms with van der Waals surface area (Å²) in [5, 5.41) is 14.5. The van der Waals surface area contributed by atoms with E-state index in [0.29, 0.717) is 5.92 Å². The van der Waals surface area contributed by atoms with E-state index >= 15 is 0 Å². The van der Waals surface area contributed by atoms with Gasteiger partial charge >= 0.3 is 0 Å². The predicted molar refractivity (Wildman–Crippen MR) is 70.4 cm³/mol. The molecule has 94 valence electrons. The Kier molecular flexibility index (Phi) is 2.71. The average Bonchev–Trinajstić information content (AvgIpc) is 2.72. The molecular formula is C15H18N2O. The molecule has 3 rings (SSSR count). The Balaban J connectivity index is 1.99. The van der Waals surface area contributed by atoms with Gasteiger partial charge in [0.2, 0.25) is 0 Å². The molecule has 18 heavy (non-hydrogen) atoms. The Labute approximate surface area is 107 Å². The topological polar surface area (TPSA) is 38.0 Å². The summed E-state index contributed by atoms with van der Waals surface area (Å²) >= 11 is 0. The zero-order chi connectivity index (χ0) is 12.7. The van der Waals surface area contributed by atoms with Crippen LogP contribution < -0.4 is 0 Å². The van der Waals surface area contributed by atoms with Gasteiger partial charge in [-0.15, -0.1) is 0 Å². The van der Waals surface area contributed by atoms with Gasteiger partial charge in [0.05, 0.1) is 12.3 Å². The molecule has 2 atom stereocenters. The molecule has 3 heteroatoms. The van der Waals surface area contributed by atoms with Crippen molar-refractivity contribution in [3.05, 3.63) is 52.8 Å². The molecule has 1 heterocycles. The van der Waals surface area contributed by atoms with E-state index in [9.17, 15) is 5.11 Å². The van der Waals surface area contributed by atoms with Crippen LogP contribution in [-0.2, 0) is 13.5 Å². The Morgan fingerprint density at radius 2 is 2.06 bits per heavy atom. The quantitative estimate of drug-likeness (QED) is 0.834. The van der Waals surface area contributed by atoms with Gasteiger partial charge in [-0.05, 0) is 36.8 Å². The van der Waals surface area contributed by atoms with Gasteiger partial charge in [0.25, 0.3) is 0 Å². The third-order valence-electron chi connectivity index (χ3n) is 4.03. The Bertz CT molecular complexity index is 574. The minimum absolute atomic E-state index is 0.382. The molecule has 2 aromatic rings. The summed E-state index contributed by atoms with van der Waals surface area (Å²) < 4.78 is 1.89. The number of aliphatic hydroxyl groups is 1. The van der Waals surface area contributed by atoms with Crippen LogP contribution in [0, 0.1) is 6.92 Å². The fraction of sp³-hybridized carbons (Fsp3) is 0.400. The maximum Gasteiger partial charge on any atom is 0.0829 e. The smallest absolute Gasteiger partial charge is 0.0829 e. The van der Waals surface area contributed by atoms with Gasteiger partial charge in [0, 0.05) is 18.3 Å². The van der Waals surface area contributed by atoms with Gasteiger partial charge in [-0.25, -0.2) is 0 Å². The highest BCUT2D eigenvalue weighted by Gasteiger charge is 2.29. The molecule has 1 aliphatic carbocycles. The van der Waals surface area contributed by atoms with Crippen molar-refractivity contribution in [2.45, 2.75) is 31.8 Å². The van der Waals surface area contributed by atoms with Crippen molar-refractivity contribution in [2.75, 3.05) is 0 Å². The molecule has 1 aromatic carbocycles. The monoisotopic (exact) mass is 242 g/mol. The van der Waals surface area contributed by atoms with Crippen LogP contribution >= 0.6 is 0 Å². The van der Waals surface area contributed by atoms with Crippen LogP contribution in [0.3, 0.4) is 0 Å². The molecule has 0 fully saturated rings. The minimum Gasteiger partial charge on any atom is -0.388 e. The second-order valence-corrected chi connectivity index (χ2v) is 5.18. The highest BCUT2D eigenvalue weighted by atomic mass is 16.3. The van der Waals surface area contributed by atoms with Crippen molar-refractivity contribution in [1.29, 1.82) is 0 Å². The number of fused-ring (bicyclic) bond motifs is 1. The van der Waals surface area contributed by atoms with E-state index in [0.717, 1.165) is 18.4 Å². The highest BCUT2D eigenvalue weighted by molar-refractivity contribution is 5.34. The molecule has 0 radical (unpaired) electrons. The largest absolute Gasteiger partial charge is 0.388 e. The predicted octanol–water partition coefficient (Wildman–Crippen LogP) is 2.49. The number of aromatic nitrogens is 2. The van der Waals surface area contributed by atoms with Crippen LogP contribution in [0.25, 0.3) is 0 Å². The standard InChI is InChI=1S/C15H18N2O/c1-10-5-3-4-6-12(10)11-7-14-13(15(18)8-11)9-16-17(14)2/h3-6,9,11,15,18H,7-8H2,1-2H3. The van der Waals surface area contributed by atoms with Gasteiger partial charge < -0.3 is 5.11 Å². The van der Waals surface area contributed by atoms with Crippen LogP contribution in [0.1, 0.15) is 40.8 Å². The normalized spacial score (nSPS) is 22.8. The lowest BCUT2D eigenvalue weighted by atomic mass is 9.80. The highest BCUT2D eigenvalue weighted by Crippen LogP contribution is 2.39. The molecular weight excluding hydrogens is 224 g/mol. The van der Waals surface area contributed by atoms with E-state index in [1.807, 2.05) is 11.7 Å². The fourth-order valence-electron chi connectivity index (χ4n) is 3.00. The Morgan fingerprint density at radius 1 is 1.28 bits per heavy atom. The van der Waals surface area contributed by atoms with E-state index in [2.05, 4.69) is 36.3 Å². The van der Waals surface area contributed by atoms with E-state index in [1.165, 1.54) is 16.8 Å². The summed E-state index contributed by atoms with van der Waals surface area (Å²) in [5.74, 6) is 0.393. The summed E-state index contributed by atoms with van der Waals surface area (Å²) in [7, 11) is 1.95. The van der Waals surface area contributed by atoms with Gasteiger partial charge in [0.15, 0.2) is 0 Å². The van der Waals surface area contributed by atoms with Crippen LogP contribution in [0.2, 0.25) is 0 Å². The van der Waals surface area contributed by atoms with Crippen molar-refractivity contribution in [3.63, 3.8) is 0 Å². The van der Waals surface area contributed by atoms with Gasteiger partial charge in [-0.2, -0.15) is 5.10 Å². The first-order valence-electron chi connectivity index (χ1n) is 6.41. The number of nitrogens with zero attached hydrogens (tertiary/aromatic N) is 2. The summed E-state index contributed by atoms with van der Waals surface area (Å²) in [6, 6.07) is 8.45. The van der Waals surface area contributed by atoms with E-state index < -0.39 is 0 Å². The molecule has 0 amide bonds. The number of aliphatic hydroxyl groups excluding tert-OH is 1. The van der Waals surface area contributed by atoms with E-state index in [-0.39, 0.29) is 6.10 Å². The molecule has 2 unspecified atom stereocenters. The second-order valence-electron chi connectivity index (χ2n) is 5.18. The molecule has 1 N–H and O–H groups in total. The lowest BCUT2D eigenvalue weighted by Crippen LogP contribution is -2.19. The van der Waals surface area contributed by atoms with Crippen molar-refractivity contribution >= 4 is 0 Å². The van der Waals surface area contributed by atoms with Crippen molar-refractivity contribution in [1.82, 2.24) is 9.78 Å². The van der Waals surface area contributed by atoms with Crippen molar-refractivity contribution in [3.8, 4) is 0 Å². The number of hydrogen-bond donors (Lipinski definition) is 1. The van der Waals surface area contributed by atoms with Gasteiger partial charge in [-0.3, -0.25) is 4.68 Å². The summed E-state index contributed by atoms with van der Waals surface area (Å²) in [6.45, 7) is 2.14. The van der Waals surface area contributed by atoms with Crippen LogP contribution in [0.15, 0.2) is 30.5 Å². The molecule has 0 bridgehead atoms. The van der Waals surface area contributed by atoms with Crippen LogP contribution in [0.4, 0.5) is 0 Å². The number of rotatable bonds is 1. The number of hydrogen-bond acceptors (Lipinski definition) is 2. The van der Waals surface area contributed by atoms with Gasteiger partial charge in [0.1, 0.15) is 0 Å². The van der Waals surface area contributed by atoms with Crippen LogP contribution in [-0.4, -0.2) is 14.9 Å². The maximum absolute atomic E-state index is 10.2.